The van der Waals surface area contributed by atoms with E-state index in [0.717, 1.165) is 35.6 Å². The third-order valence-electron chi connectivity index (χ3n) is 4.67. The van der Waals surface area contributed by atoms with E-state index in [1.807, 2.05) is 18.2 Å². The van der Waals surface area contributed by atoms with Crippen LogP contribution in [0.4, 0.5) is 0 Å². The highest BCUT2D eigenvalue weighted by atomic mass is 35.5. The van der Waals surface area contributed by atoms with Crippen molar-refractivity contribution in [1.29, 1.82) is 0 Å². The van der Waals surface area contributed by atoms with Gasteiger partial charge in [0.05, 0.1) is 11.2 Å². The van der Waals surface area contributed by atoms with Gasteiger partial charge in [0.1, 0.15) is 0 Å². The average Bonchev–Trinajstić information content (AvgIpc) is 2.65. The van der Waals surface area contributed by atoms with E-state index in [-0.39, 0.29) is 18.3 Å². The van der Waals surface area contributed by atoms with Crippen molar-refractivity contribution in [2.75, 3.05) is 6.54 Å². The molecule has 0 spiro atoms. The van der Waals surface area contributed by atoms with Gasteiger partial charge < -0.3 is 14.6 Å². The Bertz CT molecular complexity index is 503. The van der Waals surface area contributed by atoms with E-state index in [1.54, 1.807) is 0 Å². The van der Waals surface area contributed by atoms with Crippen LogP contribution in [0.5, 0.6) is 0 Å². The minimum atomic E-state index is -0.369. The molecular weight excluding hydrogens is 296 g/mol. The van der Waals surface area contributed by atoms with E-state index in [2.05, 4.69) is 39.9 Å². The highest BCUT2D eigenvalue weighted by Gasteiger charge is 2.52. The Hall–Kier alpha value is -0.545. The summed E-state index contributed by atoms with van der Waals surface area (Å²) >= 11 is 6.41. The van der Waals surface area contributed by atoms with E-state index in [9.17, 15) is 0 Å². The molecule has 1 saturated heterocycles. The summed E-state index contributed by atoms with van der Waals surface area (Å²) in [5, 5.41) is 4.21. The molecule has 1 N–H and O–H groups in total. The number of nitrogens with one attached hydrogen (secondary N) is 1. The average molecular weight is 324 g/mol. The molecule has 1 aromatic rings. The topological polar surface area (TPSA) is 30.5 Å². The molecule has 0 unspecified atom stereocenters. The minimum Gasteiger partial charge on any atom is -0.399 e. The molecule has 0 aliphatic carbocycles. The van der Waals surface area contributed by atoms with Crippen LogP contribution in [-0.4, -0.2) is 24.9 Å². The van der Waals surface area contributed by atoms with Gasteiger partial charge in [-0.2, -0.15) is 0 Å². The second-order valence-corrected chi connectivity index (χ2v) is 7.33. The van der Waals surface area contributed by atoms with Gasteiger partial charge in [0, 0.05) is 11.6 Å². The summed E-state index contributed by atoms with van der Waals surface area (Å²) in [4.78, 5) is 0. The highest BCUT2D eigenvalue weighted by molar-refractivity contribution is 6.63. The molecule has 2 rings (SSSR count). The van der Waals surface area contributed by atoms with Crippen LogP contribution in [0.3, 0.4) is 0 Å². The van der Waals surface area contributed by atoms with Crippen LogP contribution < -0.4 is 10.8 Å². The van der Waals surface area contributed by atoms with Gasteiger partial charge in [-0.1, -0.05) is 37.1 Å². The maximum Gasteiger partial charge on any atom is 0.495 e. The van der Waals surface area contributed by atoms with Crippen molar-refractivity contribution in [3.8, 4) is 0 Å². The molecule has 1 aromatic carbocycles. The first kappa shape index (κ1) is 17.8. The number of hydrogen-bond donors (Lipinski definition) is 1. The first-order valence-corrected chi connectivity index (χ1v) is 8.50. The molecule has 0 radical (unpaired) electrons. The molecule has 5 heteroatoms. The van der Waals surface area contributed by atoms with Crippen LogP contribution in [0.2, 0.25) is 5.02 Å². The van der Waals surface area contributed by atoms with Crippen molar-refractivity contribution in [1.82, 2.24) is 5.32 Å². The first-order valence-electron chi connectivity index (χ1n) is 8.12. The van der Waals surface area contributed by atoms with Gasteiger partial charge in [0.25, 0.3) is 0 Å². The molecule has 1 fully saturated rings. The van der Waals surface area contributed by atoms with E-state index >= 15 is 0 Å². The molecule has 0 amide bonds. The van der Waals surface area contributed by atoms with Crippen molar-refractivity contribution >= 4 is 24.2 Å². The predicted octanol–water partition coefficient (Wildman–Crippen LogP) is 3.53. The van der Waals surface area contributed by atoms with Crippen LogP contribution >= 0.6 is 11.6 Å². The Labute approximate surface area is 139 Å². The largest absolute Gasteiger partial charge is 0.495 e. The van der Waals surface area contributed by atoms with Crippen LogP contribution in [0.15, 0.2) is 18.2 Å². The minimum absolute atomic E-state index is 0.340. The summed E-state index contributed by atoms with van der Waals surface area (Å²) in [7, 11) is -0.369. The van der Waals surface area contributed by atoms with Crippen LogP contribution in [0.25, 0.3) is 0 Å². The second kappa shape index (κ2) is 6.92. The maximum atomic E-state index is 6.41. The standard InChI is InChI=1S/C17H27BClNO2/c1-6-7-11-20-12-13-14(9-8-10-15(13)19)18-21-16(2,3)17(4,5)22-18/h8-10,20H,6-7,11-12H2,1-5H3. The van der Waals surface area contributed by atoms with Crippen molar-refractivity contribution in [2.45, 2.75) is 65.2 Å². The molecular formula is C17H27BClNO2. The molecule has 1 aliphatic heterocycles. The van der Waals surface area contributed by atoms with Crippen molar-refractivity contribution in [3.63, 3.8) is 0 Å². The van der Waals surface area contributed by atoms with Crippen molar-refractivity contribution in [2.24, 2.45) is 0 Å². The summed E-state index contributed by atoms with van der Waals surface area (Å²) in [6.45, 7) is 12.2. The Morgan fingerprint density at radius 2 is 1.77 bits per heavy atom. The summed E-state index contributed by atoms with van der Waals surface area (Å²) in [5.74, 6) is 0. The molecule has 1 heterocycles. The third-order valence-corrected chi connectivity index (χ3v) is 5.03. The second-order valence-electron chi connectivity index (χ2n) is 6.93. The molecule has 122 valence electrons. The SMILES string of the molecule is CCCCNCc1c(Cl)cccc1B1OC(C)(C)C(C)(C)O1. The lowest BCUT2D eigenvalue weighted by Gasteiger charge is -2.32. The van der Waals surface area contributed by atoms with Gasteiger partial charge in [0.15, 0.2) is 0 Å². The number of hydrogen-bond acceptors (Lipinski definition) is 3. The number of rotatable bonds is 6. The number of halogens is 1. The predicted molar refractivity (Wildman–Crippen MR) is 93.8 cm³/mol. The van der Waals surface area contributed by atoms with Gasteiger partial charge in [-0.3, -0.25) is 0 Å². The summed E-state index contributed by atoms with van der Waals surface area (Å²) in [6.07, 6.45) is 2.34. The zero-order valence-corrected chi connectivity index (χ0v) is 15.1. The van der Waals surface area contributed by atoms with E-state index in [4.69, 9.17) is 20.9 Å². The highest BCUT2D eigenvalue weighted by Crippen LogP contribution is 2.37. The first-order chi connectivity index (χ1) is 10.3. The number of unbranched alkanes of at least 4 members (excludes halogenated alkanes) is 1. The molecule has 0 atom stereocenters. The molecule has 0 saturated carbocycles. The van der Waals surface area contributed by atoms with E-state index in [1.165, 1.54) is 6.42 Å². The monoisotopic (exact) mass is 323 g/mol. The molecule has 3 nitrogen and oxygen atoms in total. The van der Waals surface area contributed by atoms with Gasteiger partial charge in [-0.25, -0.2) is 0 Å². The van der Waals surface area contributed by atoms with E-state index in [0.29, 0.717) is 0 Å². The Kier molecular flexibility index (Phi) is 5.60. The Balaban J connectivity index is 2.19. The fraction of sp³-hybridized carbons (Fsp3) is 0.647. The van der Waals surface area contributed by atoms with Crippen molar-refractivity contribution in [3.05, 3.63) is 28.8 Å². The third kappa shape index (κ3) is 3.68. The summed E-state index contributed by atoms with van der Waals surface area (Å²) in [6, 6.07) is 5.93. The lowest BCUT2D eigenvalue weighted by atomic mass is 9.76. The van der Waals surface area contributed by atoms with Crippen molar-refractivity contribution < 1.29 is 9.31 Å². The van der Waals surface area contributed by atoms with E-state index < -0.39 is 0 Å². The molecule has 0 bridgehead atoms. The summed E-state index contributed by atoms with van der Waals surface area (Å²) in [5.41, 5.74) is 1.41. The van der Waals surface area contributed by atoms with Gasteiger partial charge in [0.2, 0.25) is 0 Å². The smallest absolute Gasteiger partial charge is 0.399 e. The van der Waals surface area contributed by atoms with Gasteiger partial charge >= 0.3 is 7.12 Å². The molecule has 0 aromatic heterocycles. The fourth-order valence-corrected chi connectivity index (χ4v) is 2.72. The lowest BCUT2D eigenvalue weighted by Crippen LogP contribution is -2.41. The van der Waals surface area contributed by atoms with Crippen LogP contribution in [0, 0.1) is 0 Å². The molecule has 1 aliphatic rings. The Morgan fingerprint density at radius 3 is 2.36 bits per heavy atom. The Morgan fingerprint density at radius 1 is 1.14 bits per heavy atom. The fourth-order valence-electron chi connectivity index (χ4n) is 2.47. The van der Waals surface area contributed by atoms with Crippen LogP contribution in [-0.2, 0) is 15.9 Å². The number of benzene rings is 1. The maximum absolute atomic E-state index is 6.41. The normalized spacial score (nSPS) is 19.6. The molecule has 22 heavy (non-hydrogen) atoms. The lowest BCUT2D eigenvalue weighted by molar-refractivity contribution is 0.00578. The zero-order chi connectivity index (χ0) is 16.4. The zero-order valence-electron chi connectivity index (χ0n) is 14.3. The summed E-state index contributed by atoms with van der Waals surface area (Å²) < 4.78 is 12.3. The van der Waals surface area contributed by atoms with Gasteiger partial charge in [-0.15, -0.1) is 0 Å². The van der Waals surface area contributed by atoms with Crippen LogP contribution in [0.1, 0.15) is 53.0 Å². The quantitative estimate of drug-likeness (QED) is 0.642. The van der Waals surface area contributed by atoms with Gasteiger partial charge in [-0.05, 0) is 57.8 Å².